The van der Waals surface area contributed by atoms with Gasteiger partial charge in [0.05, 0.1) is 0 Å². The molecule has 0 aliphatic rings. The van der Waals surface area contributed by atoms with Crippen LogP contribution in [0.15, 0.2) is 121 Å². The van der Waals surface area contributed by atoms with Gasteiger partial charge in [-0.2, -0.15) is 0 Å². The van der Waals surface area contributed by atoms with Crippen LogP contribution in [0.3, 0.4) is 0 Å². The Morgan fingerprint density at radius 3 is 1.10 bits per heavy atom. The van der Waals surface area contributed by atoms with E-state index < -0.39 is 0 Å². The molecule has 0 aliphatic carbocycles. The van der Waals surface area contributed by atoms with E-state index in [-0.39, 0.29) is 7.43 Å². The van der Waals surface area contributed by atoms with E-state index in [9.17, 15) is 0 Å². The van der Waals surface area contributed by atoms with Crippen LogP contribution < -0.4 is 0 Å². The fourth-order valence-electron chi connectivity index (χ4n) is 4.51. The van der Waals surface area contributed by atoms with Gasteiger partial charge in [0.15, 0.2) is 0 Å². The summed E-state index contributed by atoms with van der Waals surface area (Å²) >= 11 is 0. The Kier molecular flexibility index (Phi) is 4.76. The Morgan fingerprint density at radius 1 is 0.290 bits per heavy atom. The van der Waals surface area contributed by atoms with Crippen molar-refractivity contribution in [1.29, 1.82) is 0 Å². The summed E-state index contributed by atoms with van der Waals surface area (Å²) in [6.45, 7) is 0. The van der Waals surface area contributed by atoms with Crippen molar-refractivity contribution in [2.75, 3.05) is 0 Å². The van der Waals surface area contributed by atoms with Crippen molar-refractivity contribution in [3.63, 3.8) is 0 Å². The third-order valence-corrected chi connectivity index (χ3v) is 6.05. The zero-order chi connectivity index (χ0) is 19.9. The monoisotopic (exact) mass is 396 g/mol. The van der Waals surface area contributed by atoms with E-state index in [4.69, 9.17) is 0 Å². The van der Waals surface area contributed by atoms with Gasteiger partial charge in [0.25, 0.3) is 0 Å². The van der Waals surface area contributed by atoms with E-state index >= 15 is 0 Å². The van der Waals surface area contributed by atoms with Crippen LogP contribution in [0.2, 0.25) is 0 Å². The molecule has 31 heavy (non-hydrogen) atoms. The van der Waals surface area contributed by atoms with Crippen molar-refractivity contribution >= 4 is 32.3 Å². The highest BCUT2D eigenvalue weighted by atomic mass is 14.1. The molecule has 0 radical (unpaired) electrons. The summed E-state index contributed by atoms with van der Waals surface area (Å²) in [5.74, 6) is 0. The maximum absolute atomic E-state index is 2.30. The van der Waals surface area contributed by atoms with Crippen LogP contribution in [0, 0.1) is 0 Å². The number of fused-ring (bicyclic) bond motifs is 5. The molecular weight excluding hydrogens is 372 g/mol. The van der Waals surface area contributed by atoms with Gasteiger partial charge in [-0.3, -0.25) is 0 Å². The molecule has 0 aliphatic heterocycles. The first-order chi connectivity index (χ1) is 14.9. The third kappa shape index (κ3) is 3.27. The fraction of sp³-hybridized carbons (Fsp3) is 0.0323. The first-order valence-corrected chi connectivity index (χ1v) is 10.4. The third-order valence-electron chi connectivity index (χ3n) is 6.05. The van der Waals surface area contributed by atoms with Crippen LogP contribution in [0.5, 0.6) is 0 Å². The van der Waals surface area contributed by atoms with Crippen molar-refractivity contribution in [2.45, 2.75) is 7.43 Å². The van der Waals surface area contributed by atoms with E-state index in [1.807, 2.05) is 0 Å². The van der Waals surface area contributed by atoms with Crippen LogP contribution in [0.4, 0.5) is 0 Å². The lowest BCUT2D eigenvalue weighted by Crippen LogP contribution is -1.84. The Hall–Kier alpha value is -3.90. The average Bonchev–Trinajstić information content (AvgIpc) is 2.84. The predicted octanol–water partition coefficient (Wildman–Crippen LogP) is 9.12. The summed E-state index contributed by atoms with van der Waals surface area (Å²) in [5, 5.41) is 7.80. The highest BCUT2D eigenvalue weighted by Crippen LogP contribution is 2.35. The molecule has 0 heteroatoms. The molecule has 0 N–H and O–H groups in total. The van der Waals surface area contributed by atoms with E-state index in [0.29, 0.717) is 0 Å². The van der Waals surface area contributed by atoms with Gasteiger partial charge in [-0.15, -0.1) is 0 Å². The van der Waals surface area contributed by atoms with Crippen LogP contribution in [-0.2, 0) is 0 Å². The molecule has 0 spiro atoms. The molecule has 0 aromatic heterocycles. The second-order valence-corrected chi connectivity index (χ2v) is 7.83. The van der Waals surface area contributed by atoms with Crippen molar-refractivity contribution in [3.05, 3.63) is 121 Å². The van der Waals surface area contributed by atoms with Crippen LogP contribution in [-0.4, -0.2) is 0 Å². The maximum Gasteiger partial charge on any atom is -0.00990 e. The van der Waals surface area contributed by atoms with Gasteiger partial charge >= 0.3 is 0 Å². The van der Waals surface area contributed by atoms with Crippen LogP contribution in [0.25, 0.3) is 54.6 Å². The molecule has 6 aromatic carbocycles. The van der Waals surface area contributed by atoms with Crippen LogP contribution >= 0.6 is 0 Å². The largest absolute Gasteiger partial charge is 0.0776 e. The summed E-state index contributed by atoms with van der Waals surface area (Å²) in [5.41, 5.74) is 5.03. The Balaban J connectivity index is 0.00000204. The van der Waals surface area contributed by atoms with E-state index in [2.05, 4.69) is 121 Å². The Labute approximate surface area is 183 Å². The number of hydrogen-bond donors (Lipinski definition) is 0. The summed E-state index contributed by atoms with van der Waals surface area (Å²) in [4.78, 5) is 0. The molecule has 0 unspecified atom stereocenters. The second kappa shape index (κ2) is 7.74. The Morgan fingerprint density at radius 2 is 0.677 bits per heavy atom. The molecule has 0 heterocycles. The Bertz CT molecular complexity index is 1390. The topological polar surface area (TPSA) is 0 Å². The normalized spacial score (nSPS) is 11.0. The number of benzene rings is 6. The smallest absolute Gasteiger partial charge is 0.00990 e. The molecule has 0 fully saturated rings. The SMILES string of the molecule is C.c1ccc(-c2ccc3c(ccc4c5ccc(-c6ccccc6)cc5ccc34)c2)cc1. The fourth-order valence-corrected chi connectivity index (χ4v) is 4.51. The first-order valence-electron chi connectivity index (χ1n) is 10.4. The first kappa shape index (κ1) is 19.1. The highest BCUT2D eigenvalue weighted by molar-refractivity contribution is 6.18. The van der Waals surface area contributed by atoms with Gasteiger partial charge in [-0.25, -0.2) is 0 Å². The minimum Gasteiger partial charge on any atom is -0.0776 e. The molecule has 0 amide bonds. The molecule has 148 valence electrons. The molecule has 6 aromatic rings. The average molecular weight is 397 g/mol. The maximum atomic E-state index is 2.30. The van der Waals surface area contributed by atoms with Gasteiger partial charge < -0.3 is 0 Å². The van der Waals surface area contributed by atoms with Gasteiger partial charge in [-0.05, 0) is 66.7 Å². The molecule has 0 atom stereocenters. The lowest BCUT2D eigenvalue weighted by molar-refractivity contribution is 1.64. The van der Waals surface area contributed by atoms with Crippen molar-refractivity contribution in [2.24, 2.45) is 0 Å². The standard InChI is InChI=1S/C30H20.CH4/c1-3-7-21(8-4-1)23-11-15-27-25(19-23)13-17-30-28-16-12-24(22-9-5-2-6-10-22)20-26(28)14-18-29(27)30;/h1-20H;1H4. The zero-order valence-corrected chi connectivity index (χ0v) is 16.5. The molecule has 0 saturated carbocycles. The minimum absolute atomic E-state index is 0. The van der Waals surface area contributed by atoms with E-state index in [1.165, 1.54) is 54.6 Å². The van der Waals surface area contributed by atoms with Gasteiger partial charge in [-0.1, -0.05) is 117 Å². The summed E-state index contributed by atoms with van der Waals surface area (Å²) in [6.07, 6.45) is 0. The molecule has 0 saturated heterocycles. The highest BCUT2D eigenvalue weighted by Gasteiger charge is 2.07. The molecular formula is C31H24. The molecule has 6 rings (SSSR count). The van der Waals surface area contributed by atoms with Crippen molar-refractivity contribution in [1.82, 2.24) is 0 Å². The molecule has 0 bridgehead atoms. The molecule has 0 nitrogen and oxygen atoms in total. The van der Waals surface area contributed by atoms with Gasteiger partial charge in [0.2, 0.25) is 0 Å². The number of rotatable bonds is 2. The van der Waals surface area contributed by atoms with E-state index in [0.717, 1.165) is 0 Å². The second-order valence-electron chi connectivity index (χ2n) is 7.83. The van der Waals surface area contributed by atoms with E-state index in [1.54, 1.807) is 0 Å². The van der Waals surface area contributed by atoms with Gasteiger partial charge in [0, 0.05) is 0 Å². The quantitative estimate of drug-likeness (QED) is 0.256. The lowest BCUT2D eigenvalue weighted by Gasteiger charge is -2.11. The summed E-state index contributed by atoms with van der Waals surface area (Å²) in [7, 11) is 0. The number of hydrogen-bond acceptors (Lipinski definition) is 0. The zero-order valence-electron chi connectivity index (χ0n) is 16.5. The summed E-state index contributed by atoms with van der Waals surface area (Å²) < 4.78 is 0. The van der Waals surface area contributed by atoms with Crippen molar-refractivity contribution in [3.8, 4) is 22.3 Å². The van der Waals surface area contributed by atoms with Crippen molar-refractivity contribution < 1.29 is 0 Å². The predicted molar refractivity (Wildman–Crippen MR) is 137 cm³/mol. The minimum atomic E-state index is 0. The van der Waals surface area contributed by atoms with Gasteiger partial charge in [0.1, 0.15) is 0 Å². The summed E-state index contributed by atoms with van der Waals surface area (Å²) in [6, 6.07) is 43.8. The van der Waals surface area contributed by atoms with Crippen LogP contribution in [0.1, 0.15) is 7.43 Å². The lowest BCUT2D eigenvalue weighted by atomic mass is 9.93.